The third-order valence-electron chi connectivity index (χ3n) is 3.21. The first kappa shape index (κ1) is 16.2. The van der Waals surface area contributed by atoms with Gasteiger partial charge in [-0.1, -0.05) is 12.1 Å². The molecule has 2 aromatic rings. The van der Waals surface area contributed by atoms with Gasteiger partial charge in [-0.05, 0) is 12.1 Å². The smallest absolute Gasteiger partial charge is 0.222 e. The van der Waals surface area contributed by atoms with Crippen molar-refractivity contribution in [3.8, 4) is 0 Å². The van der Waals surface area contributed by atoms with Crippen molar-refractivity contribution >= 4 is 39.9 Å². The number of para-hydroxylation sites is 1. The van der Waals surface area contributed by atoms with Gasteiger partial charge in [-0.25, -0.2) is 4.98 Å². The highest BCUT2D eigenvalue weighted by molar-refractivity contribution is 7.18. The topological polar surface area (TPSA) is 63.2 Å². The summed E-state index contributed by atoms with van der Waals surface area (Å²) >= 11 is 1.62. The van der Waals surface area contributed by atoms with E-state index >= 15 is 0 Å². The van der Waals surface area contributed by atoms with Gasteiger partial charge in [0.05, 0.1) is 30.0 Å². The molecule has 1 unspecified atom stereocenters. The van der Waals surface area contributed by atoms with Gasteiger partial charge in [0.2, 0.25) is 5.91 Å². The predicted octanol–water partition coefficient (Wildman–Crippen LogP) is 1.71. The fourth-order valence-corrected chi connectivity index (χ4v) is 3.12. The van der Waals surface area contributed by atoms with E-state index in [1.807, 2.05) is 24.3 Å². The van der Waals surface area contributed by atoms with Crippen LogP contribution in [0.4, 0.5) is 0 Å². The Morgan fingerprint density at radius 3 is 3.10 bits per heavy atom. The molecule has 21 heavy (non-hydrogen) atoms. The second kappa shape index (κ2) is 7.70. The number of nitrogens with one attached hydrogen (secondary N) is 2. The van der Waals surface area contributed by atoms with Gasteiger partial charge in [-0.15, -0.1) is 23.7 Å². The van der Waals surface area contributed by atoms with E-state index in [1.165, 1.54) is 0 Å². The Morgan fingerprint density at radius 1 is 1.48 bits per heavy atom. The zero-order valence-electron chi connectivity index (χ0n) is 11.5. The van der Waals surface area contributed by atoms with Crippen LogP contribution in [0.2, 0.25) is 0 Å². The van der Waals surface area contributed by atoms with Crippen molar-refractivity contribution in [1.29, 1.82) is 0 Å². The highest BCUT2D eigenvalue weighted by Gasteiger charge is 2.16. The number of rotatable bonds is 4. The lowest BCUT2D eigenvalue weighted by atomic mass is 10.2. The van der Waals surface area contributed by atoms with Crippen molar-refractivity contribution in [2.45, 2.75) is 19.0 Å². The summed E-state index contributed by atoms with van der Waals surface area (Å²) < 4.78 is 6.48. The van der Waals surface area contributed by atoms with Crippen LogP contribution in [0.5, 0.6) is 0 Å². The van der Waals surface area contributed by atoms with Gasteiger partial charge in [0.25, 0.3) is 0 Å². The maximum absolute atomic E-state index is 11.9. The number of ether oxygens (including phenoxy) is 1. The quantitative estimate of drug-likeness (QED) is 0.897. The molecule has 3 rings (SSSR count). The van der Waals surface area contributed by atoms with Crippen LogP contribution in [0.1, 0.15) is 11.4 Å². The third-order valence-corrected chi connectivity index (χ3v) is 4.24. The number of halogens is 1. The molecule has 0 aliphatic carbocycles. The van der Waals surface area contributed by atoms with E-state index in [0.29, 0.717) is 19.6 Å². The minimum Gasteiger partial charge on any atom is -0.378 e. The van der Waals surface area contributed by atoms with Gasteiger partial charge in [0, 0.05) is 19.0 Å². The number of fused-ring (bicyclic) bond motifs is 1. The van der Waals surface area contributed by atoms with Crippen molar-refractivity contribution in [3.63, 3.8) is 0 Å². The summed E-state index contributed by atoms with van der Waals surface area (Å²) in [5, 5.41) is 7.13. The molecule has 1 amide bonds. The highest BCUT2D eigenvalue weighted by atomic mass is 35.5. The molecule has 2 heterocycles. The Morgan fingerprint density at radius 2 is 2.33 bits per heavy atom. The SMILES string of the molecule is Cl.O=C(CC1COCCN1)NCc1nc2ccccc2s1. The van der Waals surface area contributed by atoms with Gasteiger partial charge in [0.15, 0.2) is 0 Å². The average molecular weight is 328 g/mol. The average Bonchev–Trinajstić information content (AvgIpc) is 2.89. The first-order valence-corrected chi connectivity index (χ1v) is 7.55. The van der Waals surface area contributed by atoms with Gasteiger partial charge in [-0.2, -0.15) is 0 Å². The zero-order chi connectivity index (χ0) is 13.8. The maximum atomic E-state index is 11.9. The van der Waals surface area contributed by atoms with Gasteiger partial charge in [-0.3, -0.25) is 4.79 Å². The summed E-state index contributed by atoms with van der Waals surface area (Å²) in [5.41, 5.74) is 0.990. The van der Waals surface area contributed by atoms with Crippen LogP contribution in [0, 0.1) is 0 Å². The number of hydrogen-bond donors (Lipinski definition) is 2. The number of thiazole rings is 1. The Balaban J connectivity index is 0.00000161. The molecule has 0 saturated carbocycles. The molecule has 5 nitrogen and oxygen atoms in total. The lowest BCUT2D eigenvalue weighted by Gasteiger charge is -2.23. The second-order valence-corrected chi connectivity index (χ2v) is 5.90. The van der Waals surface area contributed by atoms with Crippen molar-refractivity contribution in [2.75, 3.05) is 19.8 Å². The molecule has 1 fully saturated rings. The monoisotopic (exact) mass is 327 g/mol. The largest absolute Gasteiger partial charge is 0.378 e. The maximum Gasteiger partial charge on any atom is 0.222 e. The lowest BCUT2D eigenvalue weighted by molar-refractivity contribution is -0.122. The molecular weight excluding hydrogens is 310 g/mol. The Bertz CT molecular complexity index is 566. The summed E-state index contributed by atoms with van der Waals surface area (Å²) in [4.78, 5) is 16.4. The van der Waals surface area contributed by atoms with Crippen molar-refractivity contribution in [3.05, 3.63) is 29.3 Å². The van der Waals surface area contributed by atoms with E-state index < -0.39 is 0 Å². The summed E-state index contributed by atoms with van der Waals surface area (Å²) in [5.74, 6) is 0.0345. The van der Waals surface area contributed by atoms with Crippen LogP contribution in [0.3, 0.4) is 0 Å². The molecule has 1 aliphatic rings. The summed E-state index contributed by atoms with van der Waals surface area (Å²) in [6, 6.07) is 8.12. The van der Waals surface area contributed by atoms with Crippen LogP contribution in [-0.4, -0.2) is 36.7 Å². The van der Waals surface area contributed by atoms with Gasteiger partial charge < -0.3 is 15.4 Å². The van der Waals surface area contributed by atoms with E-state index in [4.69, 9.17) is 4.74 Å². The van der Waals surface area contributed by atoms with E-state index in [1.54, 1.807) is 11.3 Å². The molecule has 1 aliphatic heterocycles. The number of morpholine rings is 1. The number of aromatic nitrogens is 1. The Hall–Kier alpha value is -1.21. The molecular formula is C14H18ClN3O2S. The molecule has 0 spiro atoms. The minimum absolute atomic E-state index is 0. The normalized spacial score (nSPS) is 18.2. The third kappa shape index (κ3) is 4.38. The number of amides is 1. The first-order chi connectivity index (χ1) is 9.81. The zero-order valence-corrected chi connectivity index (χ0v) is 13.1. The molecule has 2 N–H and O–H groups in total. The fraction of sp³-hybridized carbons (Fsp3) is 0.429. The number of nitrogens with zero attached hydrogens (tertiary/aromatic N) is 1. The number of carbonyl (C=O) groups is 1. The minimum atomic E-state index is 0. The Labute approximate surface area is 133 Å². The molecule has 1 saturated heterocycles. The van der Waals surface area contributed by atoms with Crippen LogP contribution >= 0.6 is 23.7 Å². The number of benzene rings is 1. The lowest BCUT2D eigenvalue weighted by Crippen LogP contribution is -2.44. The summed E-state index contributed by atoms with van der Waals surface area (Å²) in [7, 11) is 0. The summed E-state index contributed by atoms with van der Waals surface area (Å²) in [6.07, 6.45) is 0.449. The second-order valence-electron chi connectivity index (χ2n) is 4.78. The van der Waals surface area contributed by atoms with Gasteiger partial charge in [0.1, 0.15) is 5.01 Å². The predicted molar refractivity (Wildman–Crippen MR) is 85.9 cm³/mol. The fourth-order valence-electron chi connectivity index (χ4n) is 2.22. The van der Waals surface area contributed by atoms with E-state index in [-0.39, 0.29) is 24.4 Å². The molecule has 7 heteroatoms. The van der Waals surface area contributed by atoms with E-state index in [2.05, 4.69) is 15.6 Å². The van der Waals surface area contributed by atoms with Crippen molar-refractivity contribution in [1.82, 2.24) is 15.6 Å². The molecule has 1 aromatic heterocycles. The van der Waals surface area contributed by atoms with Crippen LogP contribution < -0.4 is 10.6 Å². The molecule has 114 valence electrons. The molecule has 1 atom stereocenters. The highest BCUT2D eigenvalue weighted by Crippen LogP contribution is 2.21. The first-order valence-electron chi connectivity index (χ1n) is 6.73. The Kier molecular flexibility index (Phi) is 5.93. The van der Waals surface area contributed by atoms with E-state index in [0.717, 1.165) is 28.4 Å². The summed E-state index contributed by atoms with van der Waals surface area (Å²) in [6.45, 7) is 2.64. The number of carbonyl (C=O) groups excluding carboxylic acids is 1. The van der Waals surface area contributed by atoms with E-state index in [9.17, 15) is 4.79 Å². The van der Waals surface area contributed by atoms with Gasteiger partial charge >= 0.3 is 0 Å². The molecule has 1 aromatic carbocycles. The van der Waals surface area contributed by atoms with Crippen LogP contribution in [-0.2, 0) is 16.1 Å². The van der Waals surface area contributed by atoms with Crippen molar-refractivity contribution in [2.24, 2.45) is 0 Å². The molecule has 0 radical (unpaired) electrons. The standard InChI is InChI=1S/C14H17N3O2S.ClH/c18-13(7-10-9-19-6-5-15-10)16-8-14-17-11-3-1-2-4-12(11)20-14;/h1-4,10,15H,5-9H2,(H,16,18);1H. The van der Waals surface area contributed by atoms with Crippen LogP contribution in [0.25, 0.3) is 10.2 Å². The number of hydrogen-bond acceptors (Lipinski definition) is 5. The van der Waals surface area contributed by atoms with Crippen molar-refractivity contribution < 1.29 is 9.53 Å². The van der Waals surface area contributed by atoms with Crippen LogP contribution in [0.15, 0.2) is 24.3 Å². The molecule has 0 bridgehead atoms.